The van der Waals surface area contributed by atoms with Gasteiger partial charge in [0.25, 0.3) is 0 Å². The maximum Gasteiger partial charge on any atom is 0.365 e. The molecule has 0 aromatic rings. The molecule has 0 spiro atoms. The summed E-state index contributed by atoms with van der Waals surface area (Å²) in [5, 5.41) is 0. The topological polar surface area (TPSA) is 53.9 Å². The molecule has 98 valence electrons. The summed E-state index contributed by atoms with van der Waals surface area (Å²) in [5.41, 5.74) is 3.79. The number of rotatable bonds is 8. The molecule has 0 aromatic heterocycles. The molecule has 1 atom stereocenters. The Morgan fingerprint density at radius 3 is 2.25 bits per heavy atom. The molecule has 0 aliphatic heterocycles. The molecule has 0 aliphatic rings. The van der Waals surface area contributed by atoms with Crippen LogP contribution in [0.1, 0.15) is 52.9 Å². The van der Waals surface area contributed by atoms with Crippen LogP contribution in [0.25, 0.3) is 0 Å². The zero-order chi connectivity index (χ0) is 11.7. The summed E-state index contributed by atoms with van der Waals surface area (Å²) in [7, 11) is 0. The van der Waals surface area contributed by atoms with Gasteiger partial charge in [0.15, 0.2) is 6.04 Å². The van der Waals surface area contributed by atoms with Crippen molar-refractivity contribution in [3.8, 4) is 0 Å². The minimum absolute atomic E-state index is 0. The summed E-state index contributed by atoms with van der Waals surface area (Å²) in [4.78, 5) is 11.4. The lowest BCUT2D eigenvalue weighted by molar-refractivity contribution is -0.418. The van der Waals surface area contributed by atoms with Crippen molar-refractivity contribution >= 4 is 5.97 Å². The monoisotopic (exact) mass is 251 g/mol. The standard InChI is InChI=1S/C12H25NO2.ClH/c1-4-5-6-7-8-9-15-12(14)11(13)10(2)3;/h10-11H,4-9,13H2,1-3H3;1H/t11-;/m0./s1. The number of carbonyl (C=O) groups is 1. The van der Waals surface area contributed by atoms with Crippen molar-refractivity contribution in [3.05, 3.63) is 0 Å². The fourth-order valence-electron chi connectivity index (χ4n) is 1.26. The second-order valence-corrected chi connectivity index (χ2v) is 4.43. The number of unbranched alkanes of at least 4 members (excludes halogenated alkanes) is 4. The number of quaternary nitrogens is 1. The lowest BCUT2D eigenvalue weighted by atomic mass is 10.1. The van der Waals surface area contributed by atoms with Gasteiger partial charge in [-0.15, -0.1) is 0 Å². The van der Waals surface area contributed by atoms with E-state index in [1.165, 1.54) is 19.3 Å². The largest absolute Gasteiger partial charge is 1.00 e. The van der Waals surface area contributed by atoms with Crippen molar-refractivity contribution in [1.29, 1.82) is 0 Å². The first kappa shape index (κ1) is 18.1. The van der Waals surface area contributed by atoms with Gasteiger partial charge >= 0.3 is 5.97 Å². The Morgan fingerprint density at radius 2 is 1.75 bits per heavy atom. The highest BCUT2D eigenvalue weighted by Gasteiger charge is 2.22. The predicted molar refractivity (Wildman–Crippen MR) is 61.2 cm³/mol. The third-order valence-electron chi connectivity index (χ3n) is 2.60. The Kier molecular flexibility index (Phi) is 12.7. The highest BCUT2D eigenvalue weighted by molar-refractivity contribution is 5.74. The van der Waals surface area contributed by atoms with E-state index < -0.39 is 0 Å². The van der Waals surface area contributed by atoms with Crippen LogP contribution in [0.5, 0.6) is 0 Å². The van der Waals surface area contributed by atoms with E-state index in [0.717, 1.165) is 12.8 Å². The van der Waals surface area contributed by atoms with Gasteiger partial charge in [-0.05, 0) is 6.42 Å². The normalized spacial score (nSPS) is 12.1. The average molecular weight is 252 g/mol. The van der Waals surface area contributed by atoms with Crippen LogP contribution >= 0.6 is 0 Å². The van der Waals surface area contributed by atoms with Crippen LogP contribution in [0.3, 0.4) is 0 Å². The van der Waals surface area contributed by atoms with Gasteiger partial charge in [-0.3, -0.25) is 0 Å². The number of esters is 1. The summed E-state index contributed by atoms with van der Waals surface area (Å²) < 4.78 is 5.14. The van der Waals surface area contributed by atoms with Crippen LogP contribution in [0.4, 0.5) is 0 Å². The summed E-state index contributed by atoms with van der Waals surface area (Å²) in [6.45, 7) is 6.72. The van der Waals surface area contributed by atoms with Gasteiger partial charge in [-0.25, -0.2) is 4.79 Å². The molecule has 0 fully saturated rings. The Morgan fingerprint density at radius 1 is 1.19 bits per heavy atom. The fraction of sp³-hybridized carbons (Fsp3) is 0.917. The highest BCUT2D eigenvalue weighted by atomic mass is 35.5. The van der Waals surface area contributed by atoms with E-state index in [1.807, 2.05) is 13.8 Å². The number of halogens is 1. The highest BCUT2D eigenvalue weighted by Crippen LogP contribution is 2.04. The molecule has 0 aliphatic carbocycles. The van der Waals surface area contributed by atoms with Gasteiger partial charge in [0.2, 0.25) is 0 Å². The van der Waals surface area contributed by atoms with E-state index in [1.54, 1.807) is 0 Å². The third kappa shape index (κ3) is 8.98. The molecule has 4 heteroatoms. The minimum Gasteiger partial charge on any atom is -1.00 e. The molecule has 0 radical (unpaired) electrons. The smallest absolute Gasteiger partial charge is 0.365 e. The van der Waals surface area contributed by atoms with Crippen LogP contribution in [0.2, 0.25) is 0 Å². The van der Waals surface area contributed by atoms with Crippen molar-refractivity contribution in [2.75, 3.05) is 6.61 Å². The Hall–Kier alpha value is -0.280. The molecule has 0 bridgehead atoms. The summed E-state index contributed by atoms with van der Waals surface area (Å²) >= 11 is 0. The second kappa shape index (κ2) is 11.2. The summed E-state index contributed by atoms with van der Waals surface area (Å²) in [5.74, 6) is 0.109. The molecule has 0 rings (SSSR count). The molecule has 3 N–H and O–H groups in total. The van der Waals surface area contributed by atoms with Crippen molar-refractivity contribution in [2.45, 2.75) is 58.9 Å². The first-order valence-corrected chi connectivity index (χ1v) is 6.09. The first-order valence-electron chi connectivity index (χ1n) is 6.09. The van der Waals surface area contributed by atoms with Crippen molar-refractivity contribution in [2.24, 2.45) is 5.92 Å². The molecule has 0 heterocycles. The van der Waals surface area contributed by atoms with Gasteiger partial charge in [-0.2, -0.15) is 0 Å². The van der Waals surface area contributed by atoms with Crippen molar-refractivity contribution in [1.82, 2.24) is 0 Å². The summed E-state index contributed by atoms with van der Waals surface area (Å²) in [6, 6.07) is -0.222. The maximum atomic E-state index is 11.4. The van der Waals surface area contributed by atoms with E-state index in [0.29, 0.717) is 6.61 Å². The van der Waals surface area contributed by atoms with Crippen LogP contribution in [-0.2, 0) is 9.53 Å². The van der Waals surface area contributed by atoms with E-state index in [9.17, 15) is 4.79 Å². The Labute approximate surface area is 106 Å². The number of carbonyl (C=O) groups excluding carboxylic acids is 1. The van der Waals surface area contributed by atoms with E-state index in [-0.39, 0.29) is 30.3 Å². The Balaban J connectivity index is 0. The van der Waals surface area contributed by atoms with Crippen LogP contribution in [0.15, 0.2) is 0 Å². The predicted octanol–water partition coefficient (Wildman–Crippen LogP) is -1.23. The molecule has 0 saturated carbocycles. The number of hydrogen-bond donors (Lipinski definition) is 1. The SMILES string of the molecule is CCCCCCCOC(=O)[C@@H]([NH3+])C(C)C.[Cl-]. The molecule has 16 heavy (non-hydrogen) atoms. The first-order chi connectivity index (χ1) is 7.09. The molecule has 0 aromatic carbocycles. The van der Waals surface area contributed by atoms with E-state index in [2.05, 4.69) is 12.7 Å². The van der Waals surface area contributed by atoms with Gasteiger partial charge in [-0.1, -0.05) is 46.5 Å². The lowest BCUT2D eigenvalue weighted by Gasteiger charge is -2.11. The van der Waals surface area contributed by atoms with Crippen LogP contribution < -0.4 is 18.1 Å². The van der Waals surface area contributed by atoms with Crippen LogP contribution in [-0.4, -0.2) is 18.6 Å². The quantitative estimate of drug-likeness (QED) is 0.434. The van der Waals surface area contributed by atoms with Gasteiger partial charge in [0, 0.05) is 5.92 Å². The zero-order valence-corrected chi connectivity index (χ0v) is 11.6. The fourth-order valence-corrected chi connectivity index (χ4v) is 1.26. The van der Waals surface area contributed by atoms with Gasteiger partial charge in [0.1, 0.15) is 0 Å². The zero-order valence-electron chi connectivity index (χ0n) is 10.8. The van der Waals surface area contributed by atoms with Crippen LogP contribution in [0, 0.1) is 5.92 Å². The molecule has 0 unspecified atom stereocenters. The lowest BCUT2D eigenvalue weighted by Crippen LogP contribution is -3.00. The third-order valence-corrected chi connectivity index (χ3v) is 2.60. The minimum atomic E-state index is -0.222. The van der Waals surface area contributed by atoms with Gasteiger partial charge < -0.3 is 22.9 Å². The molecule has 3 nitrogen and oxygen atoms in total. The van der Waals surface area contributed by atoms with Crippen molar-refractivity contribution in [3.63, 3.8) is 0 Å². The van der Waals surface area contributed by atoms with Crippen molar-refractivity contribution < 1.29 is 27.7 Å². The number of hydrogen-bond acceptors (Lipinski definition) is 2. The summed E-state index contributed by atoms with van der Waals surface area (Å²) in [6.07, 6.45) is 5.90. The van der Waals surface area contributed by atoms with Gasteiger partial charge in [0.05, 0.1) is 6.61 Å². The molecule has 0 saturated heterocycles. The second-order valence-electron chi connectivity index (χ2n) is 4.43. The maximum absolute atomic E-state index is 11.4. The van der Waals surface area contributed by atoms with E-state index >= 15 is 0 Å². The average Bonchev–Trinajstić information content (AvgIpc) is 2.21. The Bertz CT molecular complexity index is 174. The molecule has 0 amide bonds. The number of ether oxygens (including phenoxy) is 1. The van der Waals surface area contributed by atoms with E-state index in [4.69, 9.17) is 4.74 Å². The molecular weight excluding hydrogens is 226 g/mol. The molecular formula is C12H26ClNO2.